The van der Waals surface area contributed by atoms with E-state index in [4.69, 9.17) is 0 Å². The Bertz CT molecular complexity index is 510. The van der Waals surface area contributed by atoms with Gasteiger partial charge in [0.1, 0.15) is 0 Å². The quantitative estimate of drug-likeness (QED) is 0.717. The van der Waals surface area contributed by atoms with Crippen LogP contribution in [0.4, 0.5) is 5.69 Å². The molecule has 1 aromatic carbocycles. The number of sulfonamides is 1. The van der Waals surface area contributed by atoms with E-state index in [0.717, 1.165) is 5.69 Å². The van der Waals surface area contributed by atoms with Gasteiger partial charge in [-0.2, -0.15) is 0 Å². The van der Waals surface area contributed by atoms with Crippen LogP contribution in [0.1, 0.15) is 27.7 Å². The van der Waals surface area contributed by atoms with Crippen molar-refractivity contribution in [3.63, 3.8) is 0 Å². The molecule has 0 saturated carbocycles. The molecule has 0 saturated heterocycles. The van der Waals surface area contributed by atoms with Crippen LogP contribution in [0.5, 0.6) is 0 Å². The maximum Gasteiger partial charge on any atom is 0.240 e. The zero-order chi connectivity index (χ0) is 15.3. The first-order valence-electron chi connectivity index (χ1n) is 6.76. The minimum atomic E-state index is -3.45. The van der Waals surface area contributed by atoms with E-state index >= 15 is 0 Å². The number of benzene rings is 1. The third-order valence-corrected chi connectivity index (χ3v) is 4.51. The van der Waals surface area contributed by atoms with E-state index < -0.39 is 16.1 Å². The van der Waals surface area contributed by atoms with Gasteiger partial charge in [-0.1, -0.05) is 13.8 Å². The van der Waals surface area contributed by atoms with Gasteiger partial charge in [-0.15, -0.1) is 0 Å². The fourth-order valence-corrected chi connectivity index (χ4v) is 2.84. The number of anilines is 1. The minimum absolute atomic E-state index is 0.140. The number of nitrogens with one attached hydrogen (secondary N) is 2. The van der Waals surface area contributed by atoms with Gasteiger partial charge in [-0.3, -0.25) is 0 Å². The van der Waals surface area contributed by atoms with Gasteiger partial charge >= 0.3 is 0 Å². The summed E-state index contributed by atoms with van der Waals surface area (Å²) in [6, 6.07) is 6.35. The van der Waals surface area contributed by atoms with Crippen LogP contribution < -0.4 is 10.0 Å². The minimum Gasteiger partial charge on any atom is -0.391 e. The Morgan fingerprint density at radius 3 is 2.10 bits per heavy atom. The lowest BCUT2D eigenvalue weighted by Crippen LogP contribution is -2.30. The molecule has 1 aromatic rings. The summed E-state index contributed by atoms with van der Waals surface area (Å²) in [5, 5.41) is 12.8. The Kier molecular flexibility index (Phi) is 5.98. The fraction of sp³-hybridized carbons (Fsp3) is 0.571. The van der Waals surface area contributed by atoms with Crippen LogP contribution in [0.25, 0.3) is 0 Å². The average molecular weight is 300 g/mol. The highest BCUT2D eigenvalue weighted by Gasteiger charge is 2.15. The van der Waals surface area contributed by atoms with Crippen LogP contribution in [0.2, 0.25) is 0 Å². The van der Waals surface area contributed by atoms with E-state index in [1.165, 1.54) is 0 Å². The van der Waals surface area contributed by atoms with Crippen LogP contribution in [0, 0.1) is 5.92 Å². The molecule has 0 aliphatic carbocycles. The molecule has 0 aliphatic rings. The second-order valence-electron chi connectivity index (χ2n) is 5.49. The number of aliphatic hydroxyl groups excluding tert-OH is 1. The van der Waals surface area contributed by atoms with E-state index in [-0.39, 0.29) is 16.9 Å². The van der Waals surface area contributed by atoms with Gasteiger partial charge in [-0.05, 0) is 44.0 Å². The number of rotatable bonds is 7. The summed E-state index contributed by atoms with van der Waals surface area (Å²) >= 11 is 0. The van der Waals surface area contributed by atoms with Crippen LogP contribution in [0.3, 0.4) is 0 Å². The van der Waals surface area contributed by atoms with Crippen LogP contribution in [-0.4, -0.2) is 32.2 Å². The van der Waals surface area contributed by atoms with Gasteiger partial charge in [0, 0.05) is 18.3 Å². The standard InChI is InChI=1S/C14H24N2O3S/c1-10(2)14(17)9-15-12-5-7-13(8-6-12)20(18,19)16-11(3)4/h5-8,10-11,14-17H,9H2,1-4H3. The molecule has 0 amide bonds. The second kappa shape index (κ2) is 7.06. The molecule has 0 heterocycles. The van der Waals surface area contributed by atoms with Crippen molar-refractivity contribution in [2.45, 2.75) is 44.7 Å². The number of hydrogen-bond donors (Lipinski definition) is 3. The summed E-state index contributed by atoms with van der Waals surface area (Å²) in [4.78, 5) is 0.237. The molecule has 0 radical (unpaired) electrons. The molecule has 0 aromatic heterocycles. The summed E-state index contributed by atoms with van der Waals surface area (Å²) in [5.74, 6) is 0.178. The largest absolute Gasteiger partial charge is 0.391 e. The summed E-state index contributed by atoms with van der Waals surface area (Å²) in [6.07, 6.45) is -0.430. The first kappa shape index (κ1) is 16.9. The third kappa shape index (κ3) is 5.11. The highest BCUT2D eigenvalue weighted by molar-refractivity contribution is 7.89. The Balaban J connectivity index is 2.70. The molecule has 3 N–H and O–H groups in total. The average Bonchev–Trinajstić information content (AvgIpc) is 2.34. The Morgan fingerprint density at radius 2 is 1.65 bits per heavy atom. The van der Waals surface area contributed by atoms with Crippen LogP contribution in [0.15, 0.2) is 29.2 Å². The monoisotopic (exact) mass is 300 g/mol. The fourth-order valence-electron chi connectivity index (χ4n) is 1.59. The zero-order valence-corrected chi connectivity index (χ0v) is 13.2. The van der Waals surface area contributed by atoms with Crippen molar-refractivity contribution in [2.24, 2.45) is 5.92 Å². The van der Waals surface area contributed by atoms with Gasteiger partial charge in [0.05, 0.1) is 11.0 Å². The highest BCUT2D eigenvalue weighted by Crippen LogP contribution is 2.15. The highest BCUT2D eigenvalue weighted by atomic mass is 32.2. The summed E-state index contributed by atoms with van der Waals surface area (Å²) < 4.78 is 26.4. The number of aliphatic hydroxyl groups is 1. The third-order valence-electron chi connectivity index (χ3n) is 2.84. The van der Waals surface area contributed by atoms with E-state index in [1.54, 1.807) is 38.1 Å². The SMILES string of the molecule is CC(C)NS(=O)(=O)c1ccc(NCC(O)C(C)C)cc1. The molecule has 6 heteroatoms. The van der Waals surface area contributed by atoms with Crippen molar-refractivity contribution >= 4 is 15.7 Å². The van der Waals surface area contributed by atoms with Crippen molar-refractivity contribution < 1.29 is 13.5 Å². The predicted octanol–water partition coefficient (Wildman–Crippen LogP) is 1.80. The molecule has 1 rings (SSSR count). The molecule has 114 valence electrons. The van der Waals surface area contributed by atoms with Gasteiger partial charge in [0.2, 0.25) is 10.0 Å². The Morgan fingerprint density at radius 1 is 1.10 bits per heavy atom. The van der Waals surface area contributed by atoms with Gasteiger partial charge in [-0.25, -0.2) is 13.1 Å². The molecule has 0 fully saturated rings. The van der Waals surface area contributed by atoms with E-state index in [2.05, 4.69) is 10.0 Å². The first-order chi connectivity index (χ1) is 9.22. The van der Waals surface area contributed by atoms with Crippen LogP contribution in [-0.2, 0) is 10.0 Å². The van der Waals surface area contributed by atoms with Crippen molar-refractivity contribution in [3.8, 4) is 0 Å². The molecule has 20 heavy (non-hydrogen) atoms. The van der Waals surface area contributed by atoms with E-state index in [1.807, 2.05) is 13.8 Å². The normalized spacial score (nSPS) is 13.8. The van der Waals surface area contributed by atoms with Crippen molar-refractivity contribution in [1.29, 1.82) is 0 Å². The van der Waals surface area contributed by atoms with Gasteiger partial charge in [0.25, 0.3) is 0 Å². The summed E-state index contributed by atoms with van der Waals surface area (Å²) in [5.41, 5.74) is 0.785. The summed E-state index contributed by atoms with van der Waals surface area (Å²) in [6.45, 7) is 7.88. The van der Waals surface area contributed by atoms with Crippen molar-refractivity contribution in [3.05, 3.63) is 24.3 Å². The Hall–Kier alpha value is -1.11. The van der Waals surface area contributed by atoms with E-state index in [9.17, 15) is 13.5 Å². The molecular weight excluding hydrogens is 276 g/mol. The first-order valence-corrected chi connectivity index (χ1v) is 8.25. The smallest absolute Gasteiger partial charge is 0.240 e. The molecule has 1 unspecified atom stereocenters. The molecule has 0 spiro atoms. The van der Waals surface area contributed by atoms with Gasteiger partial charge in [0.15, 0.2) is 0 Å². The number of hydrogen-bond acceptors (Lipinski definition) is 4. The molecular formula is C14H24N2O3S. The van der Waals surface area contributed by atoms with Crippen molar-refractivity contribution in [2.75, 3.05) is 11.9 Å². The van der Waals surface area contributed by atoms with Gasteiger partial charge < -0.3 is 10.4 Å². The Labute approximate surface area is 121 Å². The molecule has 0 aliphatic heterocycles. The second-order valence-corrected chi connectivity index (χ2v) is 7.21. The maximum atomic E-state index is 11.9. The lowest BCUT2D eigenvalue weighted by molar-refractivity contribution is 0.138. The molecule has 1 atom stereocenters. The molecule has 5 nitrogen and oxygen atoms in total. The maximum absolute atomic E-state index is 11.9. The lowest BCUT2D eigenvalue weighted by Gasteiger charge is -2.16. The lowest BCUT2D eigenvalue weighted by atomic mass is 10.1. The predicted molar refractivity (Wildman–Crippen MR) is 81.2 cm³/mol. The van der Waals surface area contributed by atoms with Crippen LogP contribution >= 0.6 is 0 Å². The van der Waals surface area contributed by atoms with E-state index in [0.29, 0.717) is 6.54 Å². The zero-order valence-electron chi connectivity index (χ0n) is 12.4. The molecule has 0 bridgehead atoms. The summed E-state index contributed by atoms with van der Waals surface area (Å²) in [7, 11) is -3.45. The topological polar surface area (TPSA) is 78.4 Å². The van der Waals surface area contributed by atoms with Crippen molar-refractivity contribution in [1.82, 2.24) is 4.72 Å².